The molecule has 2 aromatic rings. The molecule has 2 aromatic carbocycles. The molecule has 0 bridgehead atoms. The molecule has 0 spiro atoms. The Hall–Kier alpha value is -3.59. The Kier molecular flexibility index (Phi) is 8.56. The molecule has 2 heterocycles. The van der Waals surface area contributed by atoms with Gasteiger partial charge in [0.05, 0.1) is 12.1 Å². The average molecular weight is 523 g/mol. The first kappa shape index (κ1) is 27.4. The van der Waals surface area contributed by atoms with E-state index in [4.69, 9.17) is 4.74 Å². The van der Waals surface area contributed by atoms with E-state index in [0.717, 1.165) is 48.4 Å². The third-order valence-corrected chi connectivity index (χ3v) is 7.21. The molecule has 0 saturated carbocycles. The maximum absolute atomic E-state index is 12.5. The highest BCUT2D eigenvalue weighted by atomic mass is 16.6. The molecule has 2 aliphatic rings. The molecular weight excluding hydrogens is 484 g/mol. The summed E-state index contributed by atoms with van der Waals surface area (Å²) in [4.78, 5) is 41.7. The van der Waals surface area contributed by atoms with Crippen LogP contribution in [-0.2, 0) is 16.1 Å². The molecule has 2 aliphatic heterocycles. The SMILES string of the molecule is CC(=O)N1c2ccc(-c3ccc(CN4CCCN(C(=O)O)CC4)cc3)cc2[C@@H](NC(=O)OC(C)C)C[C@H]1C. The van der Waals surface area contributed by atoms with Crippen molar-refractivity contribution in [1.82, 2.24) is 15.1 Å². The van der Waals surface area contributed by atoms with E-state index in [1.54, 1.807) is 11.8 Å². The number of alkyl carbamates (subject to hydrolysis) is 1. The molecule has 9 nitrogen and oxygen atoms in total. The largest absolute Gasteiger partial charge is 0.465 e. The van der Waals surface area contributed by atoms with Crippen LogP contribution < -0.4 is 10.2 Å². The highest BCUT2D eigenvalue weighted by Crippen LogP contribution is 2.39. The van der Waals surface area contributed by atoms with Crippen molar-refractivity contribution in [1.29, 1.82) is 0 Å². The molecule has 4 rings (SSSR count). The average Bonchev–Trinajstić information content (AvgIpc) is 3.09. The second kappa shape index (κ2) is 11.9. The molecule has 0 radical (unpaired) electrons. The Morgan fingerprint density at radius 3 is 2.39 bits per heavy atom. The van der Waals surface area contributed by atoms with Gasteiger partial charge in [0.2, 0.25) is 5.91 Å². The lowest BCUT2D eigenvalue weighted by atomic mass is 9.89. The standard InChI is InChI=1S/C29H38N4O5/c1-19(2)38-28(35)30-26-16-20(3)33(21(4)34)27-11-10-24(17-25(26)27)23-8-6-22(7-9-23)18-31-12-5-13-32(15-14-31)29(36)37/h6-11,17,19-20,26H,5,12-16,18H2,1-4H3,(H,30,35)(H,36,37)/t20-,26+/m1/s1. The van der Waals surface area contributed by atoms with Gasteiger partial charge in [-0.15, -0.1) is 0 Å². The van der Waals surface area contributed by atoms with E-state index < -0.39 is 12.2 Å². The predicted octanol–water partition coefficient (Wildman–Crippen LogP) is 4.86. The first-order chi connectivity index (χ1) is 18.1. The Morgan fingerprint density at radius 1 is 1.03 bits per heavy atom. The molecule has 0 aliphatic carbocycles. The number of fused-ring (bicyclic) bond motifs is 1. The summed E-state index contributed by atoms with van der Waals surface area (Å²) >= 11 is 0. The van der Waals surface area contributed by atoms with E-state index in [2.05, 4.69) is 40.5 Å². The Bertz CT molecular complexity index is 1170. The van der Waals surface area contributed by atoms with Gasteiger partial charge in [-0.2, -0.15) is 0 Å². The molecule has 9 heteroatoms. The lowest BCUT2D eigenvalue weighted by molar-refractivity contribution is -0.117. The van der Waals surface area contributed by atoms with Crippen LogP contribution >= 0.6 is 0 Å². The normalized spacial score (nSPS) is 20.0. The van der Waals surface area contributed by atoms with Crippen LogP contribution in [0.5, 0.6) is 0 Å². The number of ether oxygens (including phenoxy) is 1. The molecule has 0 aromatic heterocycles. The summed E-state index contributed by atoms with van der Waals surface area (Å²) in [5, 5.41) is 12.3. The van der Waals surface area contributed by atoms with Crippen molar-refractivity contribution in [2.24, 2.45) is 0 Å². The van der Waals surface area contributed by atoms with E-state index in [-0.39, 0.29) is 24.1 Å². The molecule has 2 N–H and O–H groups in total. The van der Waals surface area contributed by atoms with Gasteiger partial charge in [0.15, 0.2) is 0 Å². The van der Waals surface area contributed by atoms with E-state index >= 15 is 0 Å². The van der Waals surface area contributed by atoms with Gasteiger partial charge in [-0.05, 0) is 68.0 Å². The third kappa shape index (κ3) is 6.45. The number of hydrogen-bond acceptors (Lipinski definition) is 5. The lowest BCUT2D eigenvalue weighted by Crippen LogP contribution is -2.45. The predicted molar refractivity (Wildman–Crippen MR) is 146 cm³/mol. The number of benzene rings is 2. The van der Waals surface area contributed by atoms with Crippen molar-refractivity contribution in [3.63, 3.8) is 0 Å². The van der Waals surface area contributed by atoms with Gasteiger partial charge in [0.1, 0.15) is 0 Å². The van der Waals surface area contributed by atoms with Gasteiger partial charge in [0.25, 0.3) is 0 Å². The molecule has 1 fully saturated rings. The number of hydrogen-bond donors (Lipinski definition) is 2. The lowest BCUT2D eigenvalue weighted by Gasteiger charge is -2.39. The summed E-state index contributed by atoms with van der Waals surface area (Å²) in [5.74, 6) is -0.0287. The van der Waals surface area contributed by atoms with Crippen LogP contribution in [0.4, 0.5) is 15.3 Å². The van der Waals surface area contributed by atoms with Gasteiger partial charge in [-0.3, -0.25) is 9.69 Å². The van der Waals surface area contributed by atoms with Gasteiger partial charge in [0, 0.05) is 51.4 Å². The highest BCUT2D eigenvalue weighted by molar-refractivity contribution is 5.94. The van der Waals surface area contributed by atoms with E-state index in [9.17, 15) is 19.5 Å². The zero-order valence-corrected chi connectivity index (χ0v) is 22.6. The van der Waals surface area contributed by atoms with Crippen molar-refractivity contribution in [2.75, 3.05) is 31.1 Å². The number of carboxylic acid groups (broad SMARTS) is 1. The zero-order valence-electron chi connectivity index (χ0n) is 22.6. The number of anilines is 1. The molecule has 0 unspecified atom stereocenters. The Balaban J connectivity index is 1.53. The summed E-state index contributed by atoms with van der Waals surface area (Å²) in [7, 11) is 0. The van der Waals surface area contributed by atoms with Crippen LogP contribution in [-0.4, -0.2) is 71.3 Å². The first-order valence-corrected chi connectivity index (χ1v) is 13.3. The quantitative estimate of drug-likeness (QED) is 0.582. The Morgan fingerprint density at radius 2 is 1.74 bits per heavy atom. The molecule has 3 amide bonds. The number of carbonyl (C=O) groups is 3. The summed E-state index contributed by atoms with van der Waals surface area (Å²) in [6.45, 7) is 10.6. The number of rotatable bonds is 5. The van der Waals surface area contributed by atoms with Crippen molar-refractivity contribution >= 4 is 23.8 Å². The summed E-state index contributed by atoms with van der Waals surface area (Å²) in [6.07, 6.45) is -0.114. The monoisotopic (exact) mass is 522 g/mol. The van der Waals surface area contributed by atoms with Crippen molar-refractivity contribution < 1.29 is 24.2 Å². The number of amides is 3. The number of nitrogens with one attached hydrogen (secondary N) is 1. The minimum absolute atomic E-state index is 0.0287. The zero-order chi connectivity index (χ0) is 27.4. The fourth-order valence-corrected chi connectivity index (χ4v) is 5.43. The highest BCUT2D eigenvalue weighted by Gasteiger charge is 2.33. The third-order valence-electron chi connectivity index (χ3n) is 7.21. The number of nitrogens with zero attached hydrogens (tertiary/aromatic N) is 3. The van der Waals surface area contributed by atoms with Crippen LogP contribution in [0.2, 0.25) is 0 Å². The smallest absolute Gasteiger partial charge is 0.407 e. The van der Waals surface area contributed by atoms with E-state index in [1.165, 1.54) is 10.5 Å². The Labute approximate surface area is 224 Å². The molecule has 204 valence electrons. The second-order valence-corrected chi connectivity index (χ2v) is 10.5. The van der Waals surface area contributed by atoms with Gasteiger partial charge in [-0.25, -0.2) is 9.59 Å². The maximum Gasteiger partial charge on any atom is 0.407 e. The second-order valence-electron chi connectivity index (χ2n) is 10.5. The van der Waals surface area contributed by atoms with Crippen molar-refractivity contribution in [3.8, 4) is 11.1 Å². The fourth-order valence-electron chi connectivity index (χ4n) is 5.43. The number of carbonyl (C=O) groups excluding carboxylic acids is 2. The van der Waals surface area contributed by atoms with E-state index in [1.807, 2.05) is 32.9 Å². The molecule has 2 atom stereocenters. The van der Waals surface area contributed by atoms with E-state index in [0.29, 0.717) is 19.5 Å². The molecule has 38 heavy (non-hydrogen) atoms. The van der Waals surface area contributed by atoms with Gasteiger partial charge in [-0.1, -0.05) is 30.3 Å². The van der Waals surface area contributed by atoms with Crippen LogP contribution in [0.1, 0.15) is 57.7 Å². The maximum atomic E-state index is 12.5. The van der Waals surface area contributed by atoms with Crippen LogP contribution in [0, 0.1) is 0 Å². The van der Waals surface area contributed by atoms with Gasteiger partial charge >= 0.3 is 12.2 Å². The summed E-state index contributed by atoms with van der Waals surface area (Å²) in [6, 6.07) is 14.1. The van der Waals surface area contributed by atoms with Crippen molar-refractivity contribution in [3.05, 3.63) is 53.6 Å². The van der Waals surface area contributed by atoms with Crippen LogP contribution in [0.25, 0.3) is 11.1 Å². The summed E-state index contributed by atoms with van der Waals surface area (Å²) in [5.41, 5.74) is 4.92. The molecule has 1 saturated heterocycles. The topological polar surface area (TPSA) is 102 Å². The van der Waals surface area contributed by atoms with Crippen LogP contribution in [0.15, 0.2) is 42.5 Å². The van der Waals surface area contributed by atoms with Gasteiger partial charge < -0.3 is 25.0 Å². The summed E-state index contributed by atoms with van der Waals surface area (Å²) < 4.78 is 5.33. The van der Waals surface area contributed by atoms with Crippen molar-refractivity contribution in [2.45, 2.75) is 65.3 Å². The molecular formula is C29H38N4O5. The minimum atomic E-state index is -0.851. The fraction of sp³-hybridized carbons (Fsp3) is 0.483. The first-order valence-electron chi connectivity index (χ1n) is 13.3. The minimum Gasteiger partial charge on any atom is -0.465 e. The van der Waals surface area contributed by atoms with Crippen LogP contribution in [0.3, 0.4) is 0 Å².